The van der Waals surface area contributed by atoms with E-state index in [1.807, 2.05) is 17.7 Å². The molecule has 0 aliphatic heterocycles. The number of carbonyl (C=O) groups is 1. The van der Waals surface area contributed by atoms with Gasteiger partial charge in [0.1, 0.15) is 5.69 Å². The number of hydrogen-bond acceptors (Lipinski definition) is 1. The molecule has 1 amide bonds. The van der Waals surface area contributed by atoms with Crippen LogP contribution in [-0.2, 0) is 6.54 Å². The molecule has 1 aromatic heterocycles. The molecule has 0 saturated heterocycles. The Bertz CT molecular complexity index is 665. The molecule has 7 heteroatoms. The van der Waals surface area contributed by atoms with E-state index < -0.39 is 5.82 Å². The molecule has 21 heavy (non-hydrogen) atoms. The summed E-state index contributed by atoms with van der Waals surface area (Å²) >= 11 is 14.8. The zero-order valence-electron chi connectivity index (χ0n) is 11.1. The van der Waals surface area contributed by atoms with Crippen molar-refractivity contribution >= 4 is 50.7 Å². The molecule has 0 fully saturated rings. The quantitative estimate of drug-likeness (QED) is 0.697. The molecule has 1 heterocycles. The molecule has 0 unspecified atom stereocenters. The molecule has 0 bridgehead atoms. The zero-order chi connectivity index (χ0) is 15.6. The smallest absolute Gasteiger partial charge is 0.272 e. The third-order valence-electron chi connectivity index (χ3n) is 2.80. The van der Waals surface area contributed by atoms with Gasteiger partial charge >= 0.3 is 0 Å². The van der Waals surface area contributed by atoms with Crippen molar-refractivity contribution in [2.24, 2.45) is 0 Å². The minimum atomic E-state index is -0.701. The molecule has 0 aliphatic rings. The third kappa shape index (κ3) is 3.78. The number of aryl methyl sites for hydroxylation is 1. The van der Waals surface area contributed by atoms with Crippen molar-refractivity contribution in [3.63, 3.8) is 0 Å². The summed E-state index contributed by atoms with van der Waals surface area (Å²) < 4.78 is 16.0. The molecule has 0 spiro atoms. The average molecular weight is 394 g/mol. The van der Waals surface area contributed by atoms with Gasteiger partial charge in [0.2, 0.25) is 0 Å². The van der Waals surface area contributed by atoms with Crippen LogP contribution >= 0.6 is 39.1 Å². The lowest BCUT2D eigenvalue weighted by Crippen LogP contribution is -2.16. The van der Waals surface area contributed by atoms with E-state index in [1.165, 1.54) is 12.1 Å². The predicted molar refractivity (Wildman–Crippen MR) is 86.8 cm³/mol. The minimum Gasteiger partial charge on any atom is -0.342 e. The van der Waals surface area contributed by atoms with Crippen LogP contribution in [0, 0.1) is 5.82 Å². The Morgan fingerprint density at radius 3 is 2.52 bits per heavy atom. The lowest BCUT2D eigenvalue weighted by Gasteiger charge is -2.09. The van der Waals surface area contributed by atoms with Crippen LogP contribution in [0.5, 0.6) is 0 Å². The Balaban J connectivity index is 2.26. The molecule has 0 radical (unpaired) electrons. The second-order valence-electron chi connectivity index (χ2n) is 4.44. The van der Waals surface area contributed by atoms with Gasteiger partial charge in [-0.2, -0.15) is 0 Å². The second-order valence-corrected chi connectivity index (χ2v) is 6.18. The van der Waals surface area contributed by atoms with E-state index in [2.05, 4.69) is 21.2 Å². The van der Waals surface area contributed by atoms with Crippen LogP contribution in [0.1, 0.15) is 23.8 Å². The first-order valence-electron chi connectivity index (χ1n) is 6.24. The summed E-state index contributed by atoms with van der Waals surface area (Å²) in [6.45, 7) is 2.74. The summed E-state index contributed by atoms with van der Waals surface area (Å²) in [4.78, 5) is 12.3. The lowest BCUT2D eigenvalue weighted by molar-refractivity contribution is 0.101. The largest absolute Gasteiger partial charge is 0.342 e. The van der Waals surface area contributed by atoms with Crippen molar-refractivity contribution in [1.82, 2.24) is 4.57 Å². The summed E-state index contributed by atoms with van der Waals surface area (Å²) in [6.07, 6.45) is 2.73. The van der Waals surface area contributed by atoms with E-state index in [9.17, 15) is 9.18 Å². The van der Waals surface area contributed by atoms with Gasteiger partial charge in [-0.25, -0.2) is 4.39 Å². The maximum atomic E-state index is 13.4. The fraction of sp³-hybridized carbons (Fsp3) is 0.214. The number of anilines is 1. The van der Waals surface area contributed by atoms with Gasteiger partial charge in [0.25, 0.3) is 5.91 Å². The maximum Gasteiger partial charge on any atom is 0.272 e. The van der Waals surface area contributed by atoms with Crippen LogP contribution < -0.4 is 5.32 Å². The van der Waals surface area contributed by atoms with E-state index in [4.69, 9.17) is 23.2 Å². The van der Waals surface area contributed by atoms with Crippen LogP contribution in [-0.4, -0.2) is 10.5 Å². The Morgan fingerprint density at radius 1 is 1.33 bits per heavy atom. The van der Waals surface area contributed by atoms with Crippen molar-refractivity contribution in [3.05, 3.63) is 50.4 Å². The summed E-state index contributed by atoms with van der Waals surface area (Å²) in [6, 6.07) is 4.36. The third-order valence-corrected chi connectivity index (χ3v) is 3.79. The number of halogens is 4. The van der Waals surface area contributed by atoms with Crippen LogP contribution in [0.2, 0.25) is 10.0 Å². The molecule has 1 N–H and O–H groups in total. The fourth-order valence-electron chi connectivity index (χ4n) is 1.91. The van der Waals surface area contributed by atoms with Gasteiger partial charge in [-0.05, 0) is 40.5 Å². The van der Waals surface area contributed by atoms with Crippen molar-refractivity contribution in [2.75, 3.05) is 5.32 Å². The van der Waals surface area contributed by atoms with Gasteiger partial charge in [-0.1, -0.05) is 30.1 Å². The highest BCUT2D eigenvalue weighted by Gasteiger charge is 2.15. The first-order valence-corrected chi connectivity index (χ1v) is 7.78. The molecule has 1 aromatic carbocycles. The number of amides is 1. The van der Waals surface area contributed by atoms with Crippen LogP contribution in [0.15, 0.2) is 28.9 Å². The second kappa shape index (κ2) is 6.81. The Hall–Kier alpha value is -1.04. The predicted octanol–water partition coefficient (Wildman–Crippen LogP) is 5.36. The lowest BCUT2D eigenvalue weighted by atomic mass is 10.3. The maximum absolute atomic E-state index is 13.4. The van der Waals surface area contributed by atoms with E-state index in [-0.39, 0.29) is 16.0 Å². The summed E-state index contributed by atoms with van der Waals surface area (Å²) in [5, 5.41) is 2.39. The zero-order valence-corrected chi connectivity index (χ0v) is 14.2. The molecule has 112 valence electrons. The molecule has 0 saturated carbocycles. The number of aromatic nitrogens is 1. The van der Waals surface area contributed by atoms with Crippen molar-refractivity contribution in [3.8, 4) is 0 Å². The highest BCUT2D eigenvalue weighted by Crippen LogP contribution is 2.27. The van der Waals surface area contributed by atoms with E-state index in [0.717, 1.165) is 17.4 Å². The van der Waals surface area contributed by atoms with Crippen molar-refractivity contribution in [1.29, 1.82) is 0 Å². The number of carbonyl (C=O) groups excluding carboxylic acids is 1. The van der Waals surface area contributed by atoms with Gasteiger partial charge in [0, 0.05) is 22.9 Å². The fourth-order valence-corrected chi connectivity index (χ4v) is 2.86. The van der Waals surface area contributed by atoms with Gasteiger partial charge in [0.15, 0.2) is 5.82 Å². The summed E-state index contributed by atoms with van der Waals surface area (Å²) in [5.74, 6) is -1.01. The van der Waals surface area contributed by atoms with Crippen molar-refractivity contribution < 1.29 is 9.18 Å². The number of nitrogens with zero attached hydrogens (tertiary/aromatic N) is 1. The monoisotopic (exact) mass is 392 g/mol. The highest BCUT2D eigenvalue weighted by atomic mass is 79.9. The topological polar surface area (TPSA) is 34.0 Å². The SMILES string of the molecule is CCCn1cc(Br)cc1C(=O)Nc1cc(Cl)c(F)c(Cl)c1. The van der Waals surface area contributed by atoms with Gasteiger partial charge in [0.05, 0.1) is 10.0 Å². The molecular formula is C14H12BrCl2FN2O. The summed E-state index contributed by atoms with van der Waals surface area (Å²) in [5.41, 5.74) is 0.845. The normalized spacial score (nSPS) is 10.7. The molecular weight excluding hydrogens is 382 g/mol. The van der Waals surface area contributed by atoms with Crippen LogP contribution in [0.25, 0.3) is 0 Å². The number of hydrogen-bond donors (Lipinski definition) is 1. The molecule has 2 rings (SSSR count). The summed E-state index contributed by atoms with van der Waals surface area (Å²) in [7, 11) is 0. The molecule has 3 nitrogen and oxygen atoms in total. The molecule has 0 atom stereocenters. The molecule has 0 aliphatic carbocycles. The van der Waals surface area contributed by atoms with Gasteiger partial charge in [-0.3, -0.25) is 4.79 Å². The molecule has 2 aromatic rings. The first kappa shape index (κ1) is 16.3. The number of rotatable bonds is 4. The van der Waals surface area contributed by atoms with Crippen molar-refractivity contribution in [2.45, 2.75) is 19.9 Å². The van der Waals surface area contributed by atoms with Gasteiger partial charge in [-0.15, -0.1) is 0 Å². The minimum absolute atomic E-state index is 0.136. The first-order chi connectivity index (χ1) is 9.92. The van der Waals surface area contributed by atoms with E-state index >= 15 is 0 Å². The Kier molecular flexibility index (Phi) is 5.30. The Labute approximate surface area is 140 Å². The van der Waals surface area contributed by atoms with Crippen LogP contribution in [0.3, 0.4) is 0 Å². The van der Waals surface area contributed by atoms with Gasteiger partial charge < -0.3 is 9.88 Å². The number of nitrogens with one attached hydrogen (secondary N) is 1. The van der Waals surface area contributed by atoms with Crippen LogP contribution in [0.4, 0.5) is 10.1 Å². The average Bonchev–Trinajstić information content (AvgIpc) is 2.77. The van der Waals surface area contributed by atoms with E-state index in [0.29, 0.717) is 11.4 Å². The number of benzene rings is 1. The highest BCUT2D eigenvalue weighted by molar-refractivity contribution is 9.10. The Morgan fingerprint density at radius 2 is 1.95 bits per heavy atom. The van der Waals surface area contributed by atoms with E-state index in [1.54, 1.807) is 6.07 Å². The standard InChI is InChI=1S/C14H12BrCl2FN2O/c1-2-3-20-7-8(15)4-12(20)14(21)19-9-5-10(16)13(18)11(17)6-9/h4-7H,2-3H2,1H3,(H,19,21).